The number of aliphatic hydroxyl groups is 2. The summed E-state index contributed by atoms with van der Waals surface area (Å²) in [6.07, 6.45) is -0.0365. The first kappa shape index (κ1) is 9.44. The van der Waals surface area contributed by atoms with E-state index in [1.165, 1.54) is 0 Å². The molecule has 0 aromatic rings. The van der Waals surface area contributed by atoms with Gasteiger partial charge in [0.05, 0.1) is 19.3 Å². The molecule has 70 valence electrons. The van der Waals surface area contributed by atoms with Gasteiger partial charge in [-0.3, -0.25) is 9.69 Å². The minimum absolute atomic E-state index is 0.0929. The molecule has 5 heteroatoms. The van der Waals surface area contributed by atoms with E-state index in [4.69, 9.17) is 15.3 Å². The van der Waals surface area contributed by atoms with Crippen LogP contribution in [-0.2, 0) is 4.79 Å². The highest BCUT2D eigenvalue weighted by Gasteiger charge is 2.31. The van der Waals surface area contributed by atoms with Gasteiger partial charge < -0.3 is 15.3 Å². The van der Waals surface area contributed by atoms with Crippen molar-refractivity contribution in [2.24, 2.45) is 0 Å². The van der Waals surface area contributed by atoms with Crippen LogP contribution in [0.15, 0.2) is 0 Å². The number of hydrogen-bond donors (Lipinski definition) is 3. The summed E-state index contributed by atoms with van der Waals surface area (Å²) in [4.78, 5) is 11.9. The average Bonchev–Trinajstić information content (AvgIpc) is 2.29. The summed E-state index contributed by atoms with van der Waals surface area (Å²) in [5, 5.41) is 26.5. The van der Waals surface area contributed by atoms with Gasteiger partial charge in [-0.1, -0.05) is 0 Å². The molecule has 0 radical (unpaired) electrons. The number of carbonyl (C=O) groups is 1. The molecule has 3 N–H and O–H groups in total. The van der Waals surface area contributed by atoms with Crippen LogP contribution in [0.2, 0.25) is 0 Å². The molecule has 0 amide bonds. The van der Waals surface area contributed by atoms with Crippen LogP contribution >= 0.6 is 0 Å². The Labute approximate surface area is 70.2 Å². The Morgan fingerprint density at radius 2 is 2.25 bits per heavy atom. The zero-order valence-corrected chi connectivity index (χ0v) is 6.68. The van der Waals surface area contributed by atoms with E-state index in [2.05, 4.69) is 0 Å². The summed E-state index contributed by atoms with van der Waals surface area (Å²) in [5.41, 5.74) is 0. The quantitative estimate of drug-likeness (QED) is 0.486. The minimum atomic E-state index is -0.928. The third kappa shape index (κ3) is 2.17. The lowest BCUT2D eigenvalue weighted by Gasteiger charge is -2.19. The number of aliphatic hydroxyl groups excluding tert-OH is 2. The average molecular weight is 175 g/mol. The number of carboxylic acid groups (broad SMARTS) is 1. The Hall–Kier alpha value is -0.650. The van der Waals surface area contributed by atoms with E-state index in [9.17, 15) is 4.79 Å². The number of aliphatic carboxylic acids is 1. The van der Waals surface area contributed by atoms with E-state index in [0.717, 1.165) is 0 Å². The van der Waals surface area contributed by atoms with Crippen molar-refractivity contribution < 1.29 is 20.1 Å². The van der Waals surface area contributed by atoms with Crippen molar-refractivity contribution in [1.29, 1.82) is 0 Å². The van der Waals surface area contributed by atoms with Crippen LogP contribution < -0.4 is 0 Å². The molecular formula is C7H13NO4. The molecule has 2 atom stereocenters. The summed E-state index contributed by atoms with van der Waals surface area (Å²) in [6.45, 7) is 0.143. The molecule has 1 saturated heterocycles. The highest BCUT2D eigenvalue weighted by molar-refractivity contribution is 5.69. The van der Waals surface area contributed by atoms with Crippen molar-refractivity contribution >= 4 is 5.97 Å². The number of rotatable bonds is 3. The van der Waals surface area contributed by atoms with Crippen molar-refractivity contribution in [3.05, 3.63) is 0 Å². The van der Waals surface area contributed by atoms with Crippen LogP contribution in [0, 0.1) is 0 Å². The molecular weight excluding hydrogens is 162 g/mol. The van der Waals surface area contributed by atoms with E-state index in [1.54, 1.807) is 4.90 Å². The summed E-state index contributed by atoms with van der Waals surface area (Å²) in [7, 11) is 0. The second-order valence-corrected chi connectivity index (χ2v) is 3.05. The molecule has 0 bridgehead atoms. The summed E-state index contributed by atoms with van der Waals surface area (Å²) < 4.78 is 0. The van der Waals surface area contributed by atoms with Crippen molar-refractivity contribution in [2.45, 2.75) is 18.6 Å². The normalized spacial score (nSPS) is 30.8. The van der Waals surface area contributed by atoms with Gasteiger partial charge in [0.2, 0.25) is 0 Å². The molecule has 0 aromatic heterocycles. The summed E-state index contributed by atoms with van der Waals surface area (Å²) >= 11 is 0. The SMILES string of the molecule is O=C(O)CN1CC(O)CC1CO. The molecule has 1 fully saturated rings. The minimum Gasteiger partial charge on any atom is -0.480 e. The van der Waals surface area contributed by atoms with Crippen molar-refractivity contribution in [2.75, 3.05) is 19.7 Å². The van der Waals surface area contributed by atoms with Crippen molar-refractivity contribution in [3.8, 4) is 0 Å². The van der Waals surface area contributed by atoms with Gasteiger partial charge >= 0.3 is 5.97 Å². The lowest BCUT2D eigenvalue weighted by atomic mass is 10.2. The fourth-order valence-electron chi connectivity index (χ4n) is 1.51. The van der Waals surface area contributed by atoms with E-state index < -0.39 is 12.1 Å². The first-order chi connectivity index (χ1) is 5.63. The predicted molar refractivity (Wildman–Crippen MR) is 40.7 cm³/mol. The van der Waals surface area contributed by atoms with Gasteiger partial charge in [-0.2, -0.15) is 0 Å². The second-order valence-electron chi connectivity index (χ2n) is 3.05. The number of β-amino-alcohol motifs (C(OH)–C–C–N with tert-alkyl or cyclic N) is 1. The fraction of sp³-hybridized carbons (Fsp3) is 0.857. The second kappa shape index (κ2) is 3.84. The van der Waals surface area contributed by atoms with Gasteiger partial charge in [-0.25, -0.2) is 0 Å². The molecule has 5 nitrogen and oxygen atoms in total. The Kier molecular flexibility index (Phi) is 3.02. The van der Waals surface area contributed by atoms with E-state index >= 15 is 0 Å². The zero-order chi connectivity index (χ0) is 9.14. The van der Waals surface area contributed by atoms with Crippen LogP contribution in [-0.4, -0.2) is 58.0 Å². The first-order valence-corrected chi connectivity index (χ1v) is 3.88. The summed E-state index contributed by atoms with van der Waals surface area (Å²) in [6, 6.07) is -0.198. The molecule has 1 aliphatic heterocycles. The number of nitrogens with zero attached hydrogens (tertiary/aromatic N) is 1. The van der Waals surface area contributed by atoms with Gasteiger partial charge in [0.25, 0.3) is 0 Å². The lowest BCUT2D eigenvalue weighted by molar-refractivity contribution is -0.138. The maximum absolute atomic E-state index is 10.3. The van der Waals surface area contributed by atoms with Gasteiger partial charge in [-0.15, -0.1) is 0 Å². The molecule has 0 aromatic carbocycles. The third-order valence-electron chi connectivity index (χ3n) is 2.05. The lowest BCUT2D eigenvalue weighted by Crippen LogP contribution is -2.36. The van der Waals surface area contributed by atoms with Gasteiger partial charge in [0, 0.05) is 12.6 Å². The van der Waals surface area contributed by atoms with Crippen molar-refractivity contribution in [3.63, 3.8) is 0 Å². The summed E-state index contributed by atoms with van der Waals surface area (Å²) in [5.74, 6) is -0.928. The molecule has 1 rings (SSSR count). The van der Waals surface area contributed by atoms with Crippen molar-refractivity contribution in [1.82, 2.24) is 4.90 Å². The largest absolute Gasteiger partial charge is 0.480 e. The Balaban J connectivity index is 2.46. The molecule has 1 aliphatic rings. The number of hydrogen-bond acceptors (Lipinski definition) is 4. The van der Waals surface area contributed by atoms with Crippen LogP contribution in [0.3, 0.4) is 0 Å². The zero-order valence-electron chi connectivity index (χ0n) is 6.68. The molecule has 12 heavy (non-hydrogen) atoms. The van der Waals surface area contributed by atoms with Crippen LogP contribution in [0.1, 0.15) is 6.42 Å². The van der Waals surface area contributed by atoms with Gasteiger partial charge in [0.15, 0.2) is 0 Å². The molecule has 0 aliphatic carbocycles. The number of carboxylic acids is 1. The van der Waals surface area contributed by atoms with Crippen LogP contribution in [0.25, 0.3) is 0 Å². The van der Waals surface area contributed by atoms with E-state index in [1.807, 2.05) is 0 Å². The molecule has 1 heterocycles. The molecule has 2 unspecified atom stereocenters. The smallest absolute Gasteiger partial charge is 0.317 e. The first-order valence-electron chi connectivity index (χ1n) is 3.88. The van der Waals surface area contributed by atoms with E-state index in [0.29, 0.717) is 13.0 Å². The molecule has 0 saturated carbocycles. The van der Waals surface area contributed by atoms with E-state index in [-0.39, 0.29) is 19.2 Å². The van der Waals surface area contributed by atoms with Crippen LogP contribution in [0.5, 0.6) is 0 Å². The third-order valence-corrected chi connectivity index (χ3v) is 2.05. The Bertz CT molecular complexity index is 173. The number of likely N-dealkylation sites (tertiary alicyclic amines) is 1. The predicted octanol–water partition coefficient (Wildman–Crippen LogP) is -1.50. The monoisotopic (exact) mass is 175 g/mol. The fourth-order valence-corrected chi connectivity index (χ4v) is 1.51. The maximum atomic E-state index is 10.3. The standard InChI is InChI=1S/C7H13NO4/c9-4-5-1-6(10)2-8(5)3-7(11)12/h5-6,9-10H,1-4H2,(H,11,12). The maximum Gasteiger partial charge on any atom is 0.317 e. The Morgan fingerprint density at radius 3 is 2.75 bits per heavy atom. The molecule has 0 spiro atoms. The van der Waals surface area contributed by atoms with Gasteiger partial charge in [-0.05, 0) is 6.42 Å². The Morgan fingerprint density at radius 1 is 1.58 bits per heavy atom. The van der Waals surface area contributed by atoms with Crippen LogP contribution in [0.4, 0.5) is 0 Å². The highest BCUT2D eigenvalue weighted by atomic mass is 16.4. The van der Waals surface area contributed by atoms with Gasteiger partial charge in [0.1, 0.15) is 0 Å². The highest BCUT2D eigenvalue weighted by Crippen LogP contribution is 2.16. The topological polar surface area (TPSA) is 81.0 Å².